The van der Waals surface area contributed by atoms with Crippen LogP contribution in [-0.4, -0.2) is 50.7 Å². The van der Waals surface area contributed by atoms with Gasteiger partial charge in [0.1, 0.15) is 0 Å². The first kappa shape index (κ1) is 17.0. The molecule has 0 aliphatic carbocycles. The van der Waals surface area contributed by atoms with Crippen molar-refractivity contribution in [3.05, 3.63) is 28.8 Å². The number of hydrogen-bond acceptors (Lipinski definition) is 4. The molecular formula is C16H24N2O3S. The maximum atomic E-state index is 12.8. The Kier molecular flexibility index (Phi) is 4.37. The quantitative estimate of drug-likeness (QED) is 0.896. The van der Waals surface area contributed by atoms with Crippen LogP contribution in [0.25, 0.3) is 0 Å². The van der Waals surface area contributed by atoms with Crippen molar-refractivity contribution in [2.45, 2.75) is 38.1 Å². The summed E-state index contributed by atoms with van der Waals surface area (Å²) in [5.41, 5.74) is 2.01. The fourth-order valence-electron chi connectivity index (χ4n) is 2.75. The van der Waals surface area contributed by atoms with Crippen molar-refractivity contribution in [3.63, 3.8) is 0 Å². The highest BCUT2D eigenvalue weighted by atomic mass is 32.2. The summed E-state index contributed by atoms with van der Waals surface area (Å²) in [4.78, 5) is 14.8. The summed E-state index contributed by atoms with van der Waals surface area (Å²) in [7, 11) is -3.33. The molecule has 1 saturated heterocycles. The zero-order chi connectivity index (χ0) is 16.7. The first-order valence-corrected chi connectivity index (χ1v) is 9.26. The van der Waals surface area contributed by atoms with Crippen LogP contribution in [0.3, 0.4) is 0 Å². The average Bonchev–Trinajstić information content (AvgIpc) is 2.38. The zero-order valence-corrected chi connectivity index (χ0v) is 14.7. The molecule has 1 N–H and O–H groups in total. The predicted molar refractivity (Wildman–Crippen MR) is 87.0 cm³/mol. The maximum Gasteiger partial charge on any atom is 0.254 e. The zero-order valence-electron chi connectivity index (χ0n) is 13.9. The lowest BCUT2D eigenvalue weighted by molar-refractivity contribution is 0.0651. The van der Waals surface area contributed by atoms with Crippen molar-refractivity contribution in [2.75, 3.05) is 25.9 Å². The SMILES string of the molecule is Cc1cc(S(C)(=O)=O)cc(C(=O)N2CCNC(C)(C)C2)c1C. The number of carbonyl (C=O) groups excluding carboxylic acids is 1. The van der Waals surface area contributed by atoms with E-state index in [-0.39, 0.29) is 16.3 Å². The standard InChI is InChI=1S/C16H24N2O3S/c1-11-8-13(22(5,20)21)9-14(12(11)2)15(19)18-7-6-17-16(3,4)10-18/h8-9,17H,6-7,10H2,1-5H3. The number of carbonyl (C=O) groups is 1. The van der Waals surface area contributed by atoms with Crippen LogP contribution in [0.4, 0.5) is 0 Å². The molecule has 1 aliphatic rings. The van der Waals surface area contributed by atoms with Crippen molar-refractivity contribution in [1.29, 1.82) is 0 Å². The number of rotatable bonds is 2. The summed E-state index contributed by atoms with van der Waals surface area (Å²) >= 11 is 0. The highest BCUT2D eigenvalue weighted by Gasteiger charge is 2.30. The van der Waals surface area contributed by atoms with E-state index in [2.05, 4.69) is 19.2 Å². The first-order valence-electron chi connectivity index (χ1n) is 7.37. The van der Waals surface area contributed by atoms with Gasteiger partial charge in [-0.3, -0.25) is 4.79 Å². The Morgan fingerprint density at radius 3 is 2.45 bits per heavy atom. The number of nitrogens with one attached hydrogen (secondary N) is 1. The third-order valence-corrected chi connectivity index (χ3v) is 5.25. The van der Waals surface area contributed by atoms with Gasteiger partial charge in [-0.05, 0) is 51.0 Å². The van der Waals surface area contributed by atoms with Crippen molar-refractivity contribution < 1.29 is 13.2 Å². The largest absolute Gasteiger partial charge is 0.336 e. The molecule has 0 spiro atoms. The third kappa shape index (κ3) is 3.50. The van der Waals surface area contributed by atoms with Crippen molar-refractivity contribution in [3.8, 4) is 0 Å². The van der Waals surface area contributed by atoms with E-state index in [0.29, 0.717) is 18.7 Å². The minimum absolute atomic E-state index is 0.0966. The van der Waals surface area contributed by atoms with Crippen LogP contribution in [0.15, 0.2) is 17.0 Å². The molecule has 1 amide bonds. The van der Waals surface area contributed by atoms with Gasteiger partial charge in [0.25, 0.3) is 5.91 Å². The summed E-state index contributed by atoms with van der Waals surface area (Å²) < 4.78 is 23.6. The van der Waals surface area contributed by atoms with Gasteiger partial charge in [0.05, 0.1) is 4.90 Å². The Balaban J connectivity index is 2.43. The molecule has 0 bridgehead atoms. The molecule has 2 rings (SSSR count). The van der Waals surface area contributed by atoms with Crippen LogP contribution in [0, 0.1) is 13.8 Å². The second kappa shape index (κ2) is 5.66. The van der Waals surface area contributed by atoms with Gasteiger partial charge in [-0.2, -0.15) is 0 Å². The average molecular weight is 324 g/mol. The minimum atomic E-state index is -3.33. The molecule has 0 radical (unpaired) electrons. The van der Waals surface area contributed by atoms with E-state index in [9.17, 15) is 13.2 Å². The van der Waals surface area contributed by atoms with Gasteiger partial charge in [0.2, 0.25) is 0 Å². The topological polar surface area (TPSA) is 66.5 Å². The summed E-state index contributed by atoms with van der Waals surface area (Å²) in [6, 6.07) is 3.14. The molecule has 1 aliphatic heterocycles. The maximum absolute atomic E-state index is 12.8. The van der Waals surface area contributed by atoms with Crippen molar-refractivity contribution in [1.82, 2.24) is 10.2 Å². The fraction of sp³-hybridized carbons (Fsp3) is 0.562. The summed E-state index contributed by atoms with van der Waals surface area (Å²) in [6.45, 7) is 9.78. The molecule has 0 unspecified atom stereocenters. The van der Waals surface area contributed by atoms with Crippen LogP contribution < -0.4 is 5.32 Å². The molecule has 0 atom stereocenters. The lowest BCUT2D eigenvalue weighted by atomic mass is 9.99. The van der Waals surface area contributed by atoms with Crippen LogP contribution in [0.2, 0.25) is 0 Å². The van der Waals surface area contributed by atoms with Gasteiger partial charge in [-0.15, -0.1) is 0 Å². The Bertz CT molecular complexity index is 708. The minimum Gasteiger partial charge on any atom is -0.336 e. The molecule has 1 fully saturated rings. The normalized spacial score (nSPS) is 18.3. The summed E-state index contributed by atoms with van der Waals surface area (Å²) in [5, 5.41) is 3.37. The van der Waals surface area contributed by atoms with E-state index >= 15 is 0 Å². The van der Waals surface area contributed by atoms with Gasteiger partial charge >= 0.3 is 0 Å². The molecule has 22 heavy (non-hydrogen) atoms. The Hall–Kier alpha value is -1.40. The predicted octanol–water partition coefficient (Wildman–Crippen LogP) is 1.53. The molecule has 1 aromatic rings. The van der Waals surface area contributed by atoms with Gasteiger partial charge < -0.3 is 10.2 Å². The van der Waals surface area contributed by atoms with E-state index in [1.807, 2.05) is 13.8 Å². The molecule has 5 nitrogen and oxygen atoms in total. The van der Waals surface area contributed by atoms with Crippen LogP contribution in [0.1, 0.15) is 35.3 Å². The Morgan fingerprint density at radius 1 is 1.27 bits per heavy atom. The van der Waals surface area contributed by atoms with Crippen LogP contribution >= 0.6 is 0 Å². The van der Waals surface area contributed by atoms with E-state index in [0.717, 1.165) is 17.7 Å². The van der Waals surface area contributed by atoms with Crippen LogP contribution in [-0.2, 0) is 9.84 Å². The molecule has 6 heteroatoms. The van der Waals surface area contributed by atoms with Crippen LogP contribution in [0.5, 0.6) is 0 Å². The molecular weight excluding hydrogens is 300 g/mol. The van der Waals surface area contributed by atoms with E-state index in [1.54, 1.807) is 11.0 Å². The molecule has 0 saturated carbocycles. The van der Waals surface area contributed by atoms with E-state index in [4.69, 9.17) is 0 Å². The lowest BCUT2D eigenvalue weighted by Crippen LogP contribution is -2.58. The number of nitrogens with zero attached hydrogens (tertiary/aromatic N) is 1. The van der Waals surface area contributed by atoms with Crippen molar-refractivity contribution >= 4 is 15.7 Å². The molecule has 0 aromatic heterocycles. The molecule has 122 valence electrons. The number of aryl methyl sites for hydroxylation is 1. The highest BCUT2D eigenvalue weighted by Crippen LogP contribution is 2.22. The number of sulfone groups is 1. The van der Waals surface area contributed by atoms with Gasteiger partial charge in [-0.1, -0.05) is 0 Å². The van der Waals surface area contributed by atoms with E-state index < -0.39 is 9.84 Å². The second-order valence-corrected chi connectivity index (χ2v) is 8.74. The number of piperazine rings is 1. The third-order valence-electron chi connectivity index (χ3n) is 4.16. The van der Waals surface area contributed by atoms with Gasteiger partial charge in [0, 0.05) is 37.0 Å². The monoisotopic (exact) mass is 324 g/mol. The molecule has 1 aromatic carbocycles. The van der Waals surface area contributed by atoms with E-state index in [1.165, 1.54) is 12.3 Å². The Labute approximate surface area is 132 Å². The number of hydrogen-bond donors (Lipinski definition) is 1. The van der Waals surface area contributed by atoms with Gasteiger partial charge in [-0.25, -0.2) is 8.42 Å². The summed E-state index contributed by atoms with van der Waals surface area (Å²) in [5.74, 6) is -0.0966. The highest BCUT2D eigenvalue weighted by molar-refractivity contribution is 7.90. The summed E-state index contributed by atoms with van der Waals surface area (Å²) in [6.07, 6.45) is 1.17. The number of benzene rings is 1. The number of amides is 1. The lowest BCUT2D eigenvalue weighted by Gasteiger charge is -2.39. The smallest absolute Gasteiger partial charge is 0.254 e. The first-order chi connectivity index (χ1) is 10.0. The molecule has 1 heterocycles. The van der Waals surface area contributed by atoms with Crippen molar-refractivity contribution in [2.24, 2.45) is 0 Å². The fourth-order valence-corrected chi connectivity index (χ4v) is 3.47. The van der Waals surface area contributed by atoms with Gasteiger partial charge in [0.15, 0.2) is 9.84 Å². The second-order valence-electron chi connectivity index (χ2n) is 6.72. The Morgan fingerprint density at radius 2 is 1.91 bits per heavy atom.